The Kier molecular flexibility index (Phi) is 6.34. The van der Waals surface area contributed by atoms with Gasteiger partial charge in [-0.1, -0.05) is 49.7 Å². The van der Waals surface area contributed by atoms with Crippen LogP contribution in [0.4, 0.5) is 0 Å². The highest BCUT2D eigenvalue weighted by atomic mass is 16.5. The van der Waals surface area contributed by atoms with Gasteiger partial charge in [0, 0.05) is 0 Å². The van der Waals surface area contributed by atoms with Gasteiger partial charge in [0.15, 0.2) is 0 Å². The zero-order chi connectivity index (χ0) is 16.6. The summed E-state index contributed by atoms with van der Waals surface area (Å²) in [6.45, 7) is 3.10. The third-order valence-corrected chi connectivity index (χ3v) is 5.00. The predicted octanol–water partition coefficient (Wildman–Crippen LogP) is 6.47. The largest absolute Gasteiger partial charge is 0.493 e. The van der Waals surface area contributed by atoms with Crippen LogP contribution < -0.4 is 4.74 Å². The molecular weight excluding hydrogens is 292 g/mol. The average Bonchev–Trinajstić information content (AvgIpc) is 2.66. The van der Waals surface area contributed by atoms with Crippen molar-refractivity contribution in [3.8, 4) is 16.9 Å². The molecule has 1 radical (unpaired) electrons. The molecule has 0 bridgehead atoms. The van der Waals surface area contributed by atoms with E-state index in [4.69, 9.17) is 4.74 Å². The van der Waals surface area contributed by atoms with Crippen molar-refractivity contribution in [1.82, 2.24) is 0 Å². The summed E-state index contributed by atoms with van der Waals surface area (Å²) in [5.74, 6) is 1.72. The zero-order valence-corrected chi connectivity index (χ0v) is 14.8. The number of hydrogen-bond acceptors (Lipinski definition) is 1. The van der Waals surface area contributed by atoms with Crippen LogP contribution in [0.5, 0.6) is 5.75 Å². The SMILES string of the molecule is CCCCc1ccc(-c2ccc(OCC3CC[CH]CC3)cc2)cc1. The molecular formula is C23H29O. The van der Waals surface area contributed by atoms with Crippen molar-refractivity contribution in [3.63, 3.8) is 0 Å². The lowest BCUT2D eigenvalue weighted by atomic mass is 9.90. The summed E-state index contributed by atoms with van der Waals surface area (Å²) in [5.41, 5.74) is 3.98. The lowest BCUT2D eigenvalue weighted by molar-refractivity contribution is 0.221. The van der Waals surface area contributed by atoms with Gasteiger partial charge in [-0.3, -0.25) is 0 Å². The molecule has 24 heavy (non-hydrogen) atoms. The number of benzene rings is 2. The van der Waals surface area contributed by atoms with Crippen molar-refractivity contribution in [2.45, 2.75) is 51.9 Å². The zero-order valence-electron chi connectivity index (χ0n) is 14.8. The first-order valence-corrected chi connectivity index (χ1v) is 9.49. The lowest BCUT2D eigenvalue weighted by Gasteiger charge is -2.21. The smallest absolute Gasteiger partial charge is 0.119 e. The third kappa shape index (κ3) is 4.87. The van der Waals surface area contributed by atoms with Crippen molar-refractivity contribution in [3.05, 3.63) is 60.5 Å². The number of aryl methyl sites for hydroxylation is 1. The summed E-state index contributed by atoms with van der Waals surface area (Å²) in [5, 5.41) is 0. The third-order valence-electron chi connectivity index (χ3n) is 5.00. The van der Waals surface area contributed by atoms with Crippen LogP contribution in [0.3, 0.4) is 0 Å². The van der Waals surface area contributed by atoms with Crippen molar-refractivity contribution in [2.75, 3.05) is 6.61 Å². The molecule has 1 aliphatic rings. The summed E-state index contributed by atoms with van der Waals surface area (Å²) >= 11 is 0. The Labute approximate surface area is 147 Å². The molecule has 1 nitrogen and oxygen atoms in total. The van der Waals surface area contributed by atoms with Gasteiger partial charge in [0.05, 0.1) is 6.61 Å². The van der Waals surface area contributed by atoms with E-state index in [1.807, 2.05) is 0 Å². The molecule has 0 unspecified atom stereocenters. The molecule has 0 saturated heterocycles. The van der Waals surface area contributed by atoms with Gasteiger partial charge in [-0.05, 0) is 79.7 Å². The maximum atomic E-state index is 5.99. The predicted molar refractivity (Wildman–Crippen MR) is 102 cm³/mol. The molecule has 1 fully saturated rings. The Balaban J connectivity index is 1.55. The summed E-state index contributed by atoms with van der Waals surface area (Å²) < 4.78 is 5.99. The van der Waals surface area contributed by atoms with E-state index in [0.717, 1.165) is 18.3 Å². The number of ether oxygens (including phenoxy) is 1. The van der Waals surface area contributed by atoms with Gasteiger partial charge in [0.25, 0.3) is 0 Å². The molecule has 0 atom stereocenters. The molecule has 1 aliphatic carbocycles. The summed E-state index contributed by atoms with van der Waals surface area (Å²) in [7, 11) is 0. The molecule has 0 N–H and O–H groups in total. The van der Waals surface area contributed by atoms with Gasteiger partial charge in [-0.15, -0.1) is 0 Å². The second-order valence-electron chi connectivity index (χ2n) is 6.95. The second kappa shape index (κ2) is 8.92. The molecule has 0 aliphatic heterocycles. The van der Waals surface area contributed by atoms with Crippen LogP contribution in [0.15, 0.2) is 48.5 Å². The first-order valence-electron chi connectivity index (χ1n) is 9.49. The molecule has 2 aromatic carbocycles. The maximum absolute atomic E-state index is 5.99. The van der Waals surface area contributed by atoms with Gasteiger partial charge in [0.1, 0.15) is 5.75 Å². The maximum Gasteiger partial charge on any atom is 0.119 e. The topological polar surface area (TPSA) is 9.23 Å². The monoisotopic (exact) mass is 321 g/mol. The van der Waals surface area contributed by atoms with Crippen LogP contribution in [-0.2, 0) is 6.42 Å². The van der Waals surface area contributed by atoms with Crippen molar-refractivity contribution in [1.29, 1.82) is 0 Å². The van der Waals surface area contributed by atoms with Crippen molar-refractivity contribution < 1.29 is 4.74 Å². The van der Waals surface area contributed by atoms with Crippen molar-refractivity contribution in [2.24, 2.45) is 5.92 Å². The Bertz CT molecular complexity index is 591. The van der Waals surface area contributed by atoms with Gasteiger partial charge in [-0.2, -0.15) is 0 Å². The average molecular weight is 321 g/mol. The van der Waals surface area contributed by atoms with Gasteiger partial charge in [0.2, 0.25) is 0 Å². The Morgan fingerprint density at radius 1 is 0.875 bits per heavy atom. The number of unbranched alkanes of at least 4 members (excludes halogenated alkanes) is 1. The van der Waals surface area contributed by atoms with E-state index in [2.05, 4.69) is 61.9 Å². The Hall–Kier alpha value is -1.76. The summed E-state index contributed by atoms with van der Waals surface area (Å²) in [6.07, 6.45) is 11.2. The molecule has 127 valence electrons. The Morgan fingerprint density at radius 3 is 2.12 bits per heavy atom. The fraction of sp³-hybridized carbons (Fsp3) is 0.435. The van der Waals surface area contributed by atoms with E-state index >= 15 is 0 Å². The number of rotatable bonds is 7. The fourth-order valence-electron chi connectivity index (χ4n) is 3.36. The summed E-state index contributed by atoms with van der Waals surface area (Å²) in [6, 6.07) is 17.5. The molecule has 0 spiro atoms. The van der Waals surface area contributed by atoms with E-state index in [1.165, 1.54) is 61.6 Å². The second-order valence-corrected chi connectivity index (χ2v) is 6.95. The minimum atomic E-state index is 0.727. The van der Waals surface area contributed by atoms with Crippen LogP contribution in [0.25, 0.3) is 11.1 Å². The van der Waals surface area contributed by atoms with Gasteiger partial charge >= 0.3 is 0 Å². The minimum absolute atomic E-state index is 0.727. The molecule has 1 saturated carbocycles. The fourth-order valence-corrected chi connectivity index (χ4v) is 3.36. The molecule has 0 heterocycles. The van der Waals surface area contributed by atoms with E-state index in [1.54, 1.807) is 0 Å². The standard InChI is InChI=1S/C23H29O/c1-2-3-7-19-10-12-21(13-11-19)22-14-16-23(17-15-22)24-18-20-8-5-4-6-9-20/h4,10-17,20H,2-3,5-9,18H2,1H3. The van der Waals surface area contributed by atoms with Crippen LogP contribution in [0.2, 0.25) is 0 Å². The molecule has 0 amide bonds. The summed E-state index contributed by atoms with van der Waals surface area (Å²) in [4.78, 5) is 0. The minimum Gasteiger partial charge on any atom is -0.493 e. The van der Waals surface area contributed by atoms with Crippen molar-refractivity contribution >= 4 is 0 Å². The molecule has 2 aromatic rings. The normalized spacial score (nSPS) is 15.4. The van der Waals surface area contributed by atoms with Crippen LogP contribution >= 0.6 is 0 Å². The van der Waals surface area contributed by atoms with E-state index in [0.29, 0.717) is 0 Å². The quantitative estimate of drug-likeness (QED) is 0.568. The highest BCUT2D eigenvalue weighted by Crippen LogP contribution is 2.26. The van der Waals surface area contributed by atoms with Crippen LogP contribution in [0.1, 0.15) is 51.0 Å². The van der Waals surface area contributed by atoms with E-state index in [-0.39, 0.29) is 0 Å². The molecule has 3 rings (SSSR count). The van der Waals surface area contributed by atoms with Crippen LogP contribution in [0, 0.1) is 12.3 Å². The highest BCUT2D eigenvalue weighted by Gasteiger charge is 2.14. The Morgan fingerprint density at radius 2 is 1.50 bits per heavy atom. The number of hydrogen-bond donors (Lipinski definition) is 0. The highest BCUT2D eigenvalue weighted by molar-refractivity contribution is 5.64. The van der Waals surface area contributed by atoms with E-state index in [9.17, 15) is 0 Å². The van der Waals surface area contributed by atoms with E-state index < -0.39 is 0 Å². The first-order chi connectivity index (χ1) is 11.8. The first kappa shape index (κ1) is 17.1. The molecule has 0 aromatic heterocycles. The van der Waals surface area contributed by atoms with Gasteiger partial charge < -0.3 is 4.74 Å². The van der Waals surface area contributed by atoms with Crippen LogP contribution in [-0.4, -0.2) is 6.61 Å². The van der Waals surface area contributed by atoms with Gasteiger partial charge in [-0.25, -0.2) is 0 Å². The lowest BCUT2D eigenvalue weighted by Crippen LogP contribution is -2.15. The molecule has 1 heteroatoms.